The molecule has 2 rings (SSSR count). The number of hydrogen-bond donors (Lipinski definition) is 1. The Morgan fingerprint density at radius 1 is 1.16 bits per heavy atom. The van der Waals surface area contributed by atoms with Crippen molar-refractivity contribution in [1.82, 2.24) is 0 Å². The highest BCUT2D eigenvalue weighted by Gasteiger charge is 2.15. The van der Waals surface area contributed by atoms with Crippen LogP contribution >= 0.6 is 11.6 Å². The van der Waals surface area contributed by atoms with Crippen molar-refractivity contribution in [3.05, 3.63) is 64.7 Å². The molecule has 0 saturated carbocycles. The first-order valence-electron chi connectivity index (χ1n) is 6.20. The SMILES string of the molecule is Cc1ccc(Cl)cc1NC(=O)[C@@H](C)c1ccccc1. The van der Waals surface area contributed by atoms with Gasteiger partial charge in [0.25, 0.3) is 0 Å². The molecule has 2 aromatic carbocycles. The number of hydrogen-bond acceptors (Lipinski definition) is 1. The van der Waals surface area contributed by atoms with Gasteiger partial charge < -0.3 is 5.32 Å². The fourth-order valence-electron chi connectivity index (χ4n) is 1.86. The van der Waals surface area contributed by atoms with E-state index in [4.69, 9.17) is 11.6 Å². The normalized spacial score (nSPS) is 11.9. The zero-order valence-electron chi connectivity index (χ0n) is 11.0. The lowest BCUT2D eigenvalue weighted by atomic mass is 10.0. The first-order chi connectivity index (χ1) is 9.08. The highest BCUT2D eigenvalue weighted by atomic mass is 35.5. The molecule has 0 aliphatic rings. The highest BCUT2D eigenvalue weighted by molar-refractivity contribution is 6.31. The number of amides is 1. The predicted molar refractivity (Wildman–Crippen MR) is 79.7 cm³/mol. The molecule has 1 atom stereocenters. The van der Waals surface area contributed by atoms with Gasteiger partial charge in [-0.3, -0.25) is 4.79 Å². The molecule has 0 spiro atoms. The molecule has 2 aromatic rings. The Labute approximate surface area is 118 Å². The van der Waals surface area contributed by atoms with Crippen LogP contribution in [0.1, 0.15) is 24.0 Å². The summed E-state index contributed by atoms with van der Waals surface area (Å²) in [4.78, 5) is 12.2. The Morgan fingerprint density at radius 3 is 2.53 bits per heavy atom. The van der Waals surface area contributed by atoms with Gasteiger partial charge in [0.1, 0.15) is 0 Å². The first kappa shape index (κ1) is 13.6. The third kappa shape index (κ3) is 3.36. The molecule has 0 saturated heterocycles. The molecule has 0 heterocycles. The molecule has 3 heteroatoms. The average Bonchev–Trinajstić information content (AvgIpc) is 2.43. The van der Waals surface area contributed by atoms with E-state index in [0.29, 0.717) is 5.02 Å². The van der Waals surface area contributed by atoms with Gasteiger partial charge in [-0.05, 0) is 37.1 Å². The van der Waals surface area contributed by atoms with Crippen LogP contribution in [0.2, 0.25) is 5.02 Å². The van der Waals surface area contributed by atoms with Gasteiger partial charge >= 0.3 is 0 Å². The van der Waals surface area contributed by atoms with E-state index in [1.807, 2.05) is 56.3 Å². The van der Waals surface area contributed by atoms with Crippen molar-refractivity contribution >= 4 is 23.2 Å². The summed E-state index contributed by atoms with van der Waals surface area (Å²) < 4.78 is 0. The lowest BCUT2D eigenvalue weighted by Crippen LogP contribution is -2.19. The van der Waals surface area contributed by atoms with Gasteiger partial charge in [-0.25, -0.2) is 0 Å². The lowest BCUT2D eigenvalue weighted by Gasteiger charge is -2.14. The third-order valence-electron chi connectivity index (χ3n) is 3.15. The van der Waals surface area contributed by atoms with E-state index in [0.717, 1.165) is 16.8 Å². The van der Waals surface area contributed by atoms with Crippen molar-refractivity contribution < 1.29 is 4.79 Å². The molecule has 2 nitrogen and oxygen atoms in total. The molecule has 0 aromatic heterocycles. The Balaban J connectivity index is 2.15. The van der Waals surface area contributed by atoms with Crippen LogP contribution in [-0.4, -0.2) is 5.91 Å². The van der Waals surface area contributed by atoms with Crippen LogP contribution in [0.5, 0.6) is 0 Å². The van der Waals surface area contributed by atoms with Crippen molar-refractivity contribution in [3.8, 4) is 0 Å². The van der Waals surface area contributed by atoms with Crippen LogP contribution in [-0.2, 0) is 4.79 Å². The quantitative estimate of drug-likeness (QED) is 0.883. The van der Waals surface area contributed by atoms with Gasteiger partial charge in [-0.1, -0.05) is 48.0 Å². The molecular weight excluding hydrogens is 258 g/mol. The number of nitrogens with one attached hydrogen (secondary N) is 1. The van der Waals surface area contributed by atoms with Gasteiger partial charge in [0.05, 0.1) is 5.92 Å². The third-order valence-corrected chi connectivity index (χ3v) is 3.39. The molecule has 0 fully saturated rings. The molecular formula is C16H16ClNO. The summed E-state index contributed by atoms with van der Waals surface area (Å²) in [5.41, 5.74) is 2.76. The van der Waals surface area contributed by atoms with Crippen LogP contribution in [0.4, 0.5) is 5.69 Å². The van der Waals surface area contributed by atoms with Gasteiger partial charge in [0.2, 0.25) is 5.91 Å². The molecule has 1 amide bonds. The number of aryl methyl sites for hydroxylation is 1. The van der Waals surface area contributed by atoms with E-state index in [2.05, 4.69) is 5.32 Å². The molecule has 0 bridgehead atoms. The van der Waals surface area contributed by atoms with Gasteiger partial charge in [0.15, 0.2) is 0 Å². The van der Waals surface area contributed by atoms with Crippen LogP contribution in [0, 0.1) is 6.92 Å². The second-order valence-electron chi connectivity index (χ2n) is 4.58. The standard InChI is InChI=1S/C16H16ClNO/c1-11-8-9-14(17)10-15(11)18-16(19)12(2)13-6-4-3-5-7-13/h3-10,12H,1-2H3,(H,18,19)/t12-/m0/s1. The zero-order chi connectivity index (χ0) is 13.8. The lowest BCUT2D eigenvalue weighted by molar-refractivity contribution is -0.117. The second kappa shape index (κ2) is 5.89. The Bertz CT molecular complexity index is 581. The van der Waals surface area contributed by atoms with E-state index in [9.17, 15) is 4.79 Å². The van der Waals surface area contributed by atoms with Crippen molar-refractivity contribution in [2.75, 3.05) is 5.32 Å². The summed E-state index contributed by atoms with van der Waals surface area (Å²) in [6, 6.07) is 15.2. The number of anilines is 1. The highest BCUT2D eigenvalue weighted by Crippen LogP contribution is 2.22. The Hall–Kier alpha value is -1.80. The fourth-order valence-corrected chi connectivity index (χ4v) is 2.04. The van der Waals surface area contributed by atoms with Crippen molar-refractivity contribution in [1.29, 1.82) is 0 Å². The average molecular weight is 274 g/mol. The number of benzene rings is 2. The van der Waals surface area contributed by atoms with E-state index < -0.39 is 0 Å². The summed E-state index contributed by atoms with van der Waals surface area (Å²) in [7, 11) is 0. The summed E-state index contributed by atoms with van der Waals surface area (Å²) in [5, 5.41) is 3.54. The van der Waals surface area contributed by atoms with Crippen LogP contribution in [0.15, 0.2) is 48.5 Å². The largest absolute Gasteiger partial charge is 0.325 e. The maximum Gasteiger partial charge on any atom is 0.231 e. The number of rotatable bonds is 3. The van der Waals surface area contributed by atoms with E-state index in [-0.39, 0.29) is 11.8 Å². The smallest absolute Gasteiger partial charge is 0.231 e. The minimum atomic E-state index is -0.195. The van der Waals surface area contributed by atoms with Crippen molar-refractivity contribution in [2.45, 2.75) is 19.8 Å². The molecule has 0 radical (unpaired) electrons. The topological polar surface area (TPSA) is 29.1 Å². The number of carbonyl (C=O) groups excluding carboxylic acids is 1. The van der Waals surface area contributed by atoms with E-state index >= 15 is 0 Å². The van der Waals surface area contributed by atoms with E-state index in [1.165, 1.54) is 0 Å². The molecule has 19 heavy (non-hydrogen) atoms. The van der Waals surface area contributed by atoms with Crippen molar-refractivity contribution in [3.63, 3.8) is 0 Å². The van der Waals surface area contributed by atoms with Gasteiger partial charge in [-0.2, -0.15) is 0 Å². The molecule has 0 aliphatic heterocycles. The number of carbonyl (C=O) groups is 1. The molecule has 1 N–H and O–H groups in total. The van der Waals surface area contributed by atoms with Gasteiger partial charge in [-0.15, -0.1) is 0 Å². The second-order valence-corrected chi connectivity index (χ2v) is 5.02. The molecule has 98 valence electrons. The maximum absolute atomic E-state index is 12.2. The summed E-state index contributed by atoms with van der Waals surface area (Å²) >= 11 is 5.95. The van der Waals surface area contributed by atoms with Gasteiger partial charge in [0, 0.05) is 10.7 Å². The minimum absolute atomic E-state index is 0.0310. The monoisotopic (exact) mass is 273 g/mol. The molecule has 0 aliphatic carbocycles. The van der Waals surface area contributed by atoms with Crippen LogP contribution in [0.25, 0.3) is 0 Å². The first-order valence-corrected chi connectivity index (χ1v) is 6.57. The molecule has 0 unspecified atom stereocenters. The zero-order valence-corrected chi connectivity index (χ0v) is 11.7. The van der Waals surface area contributed by atoms with E-state index in [1.54, 1.807) is 6.07 Å². The van der Waals surface area contributed by atoms with Crippen LogP contribution < -0.4 is 5.32 Å². The summed E-state index contributed by atoms with van der Waals surface area (Å²) in [6.07, 6.45) is 0. The maximum atomic E-state index is 12.2. The Kier molecular flexibility index (Phi) is 4.23. The summed E-state index contributed by atoms with van der Waals surface area (Å²) in [5.74, 6) is -0.226. The minimum Gasteiger partial charge on any atom is -0.325 e. The summed E-state index contributed by atoms with van der Waals surface area (Å²) in [6.45, 7) is 3.84. The predicted octanol–water partition coefficient (Wildman–Crippen LogP) is 4.39. The fraction of sp³-hybridized carbons (Fsp3) is 0.188. The van der Waals surface area contributed by atoms with Crippen molar-refractivity contribution in [2.24, 2.45) is 0 Å². The Morgan fingerprint density at radius 2 is 1.84 bits per heavy atom. The number of halogens is 1. The van der Waals surface area contributed by atoms with Crippen LogP contribution in [0.3, 0.4) is 0 Å².